The van der Waals surface area contributed by atoms with E-state index in [0.29, 0.717) is 0 Å². The normalized spacial score (nSPS) is 11.8. The van der Waals surface area contributed by atoms with Gasteiger partial charge in [0.1, 0.15) is 0 Å². The predicted octanol–water partition coefficient (Wildman–Crippen LogP) is -0.139. The quantitative estimate of drug-likeness (QED) is 0.414. The van der Waals surface area contributed by atoms with E-state index in [2.05, 4.69) is 11.3 Å². The summed E-state index contributed by atoms with van der Waals surface area (Å²) in [6.45, 7) is 4.30. The van der Waals surface area contributed by atoms with Gasteiger partial charge in [0.25, 0.3) is 10.2 Å². The summed E-state index contributed by atoms with van der Waals surface area (Å²) in [5.74, 6) is -0.450. The first kappa shape index (κ1) is 18.0. The second-order valence-corrected chi connectivity index (χ2v) is 5.83. The first-order chi connectivity index (χ1) is 8.89. The summed E-state index contributed by atoms with van der Waals surface area (Å²) in [5, 5.41) is 0. The molecule has 0 saturated heterocycles. The highest BCUT2D eigenvalue weighted by Gasteiger charge is 2.26. The van der Waals surface area contributed by atoms with Gasteiger partial charge in [-0.3, -0.25) is 4.79 Å². The van der Waals surface area contributed by atoms with Crippen LogP contribution < -0.4 is 0 Å². The summed E-state index contributed by atoms with van der Waals surface area (Å²) in [6, 6.07) is 0. The van der Waals surface area contributed by atoms with Crippen LogP contribution in [-0.4, -0.2) is 70.5 Å². The van der Waals surface area contributed by atoms with E-state index >= 15 is 0 Å². The molecule has 0 bridgehead atoms. The Kier molecular flexibility index (Phi) is 8.57. The summed E-state index contributed by atoms with van der Waals surface area (Å²) >= 11 is 0. The molecule has 8 heteroatoms. The number of esters is 1. The Labute approximate surface area is 115 Å². The Balaban J connectivity index is 4.67. The van der Waals surface area contributed by atoms with Gasteiger partial charge in [-0.1, -0.05) is 6.08 Å². The third-order valence-electron chi connectivity index (χ3n) is 2.46. The van der Waals surface area contributed by atoms with E-state index in [9.17, 15) is 13.2 Å². The molecule has 0 aromatic carbocycles. The van der Waals surface area contributed by atoms with Crippen LogP contribution in [-0.2, 0) is 24.5 Å². The molecule has 0 rings (SSSR count). The SMILES string of the molecule is C=CCN(CCOC)S(=O)(=O)N(C)CCC(=O)OC. The molecule has 0 fully saturated rings. The highest BCUT2D eigenvalue weighted by Crippen LogP contribution is 2.07. The number of hydrogen-bond donors (Lipinski definition) is 0. The zero-order chi connectivity index (χ0) is 14.9. The van der Waals surface area contributed by atoms with Crippen molar-refractivity contribution in [3.05, 3.63) is 12.7 Å². The average Bonchev–Trinajstić information content (AvgIpc) is 2.39. The van der Waals surface area contributed by atoms with Gasteiger partial charge in [-0.15, -0.1) is 6.58 Å². The molecule has 0 spiro atoms. The van der Waals surface area contributed by atoms with Crippen LogP contribution in [0.3, 0.4) is 0 Å². The number of hydrogen-bond acceptors (Lipinski definition) is 5. The maximum absolute atomic E-state index is 12.2. The molecule has 0 radical (unpaired) electrons. The predicted molar refractivity (Wildman–Crippen MR) is 71.8 cm³/mol. The minimum Gasteiger partial charge on any atom is -0.469 e. The molecule has 0 aromatic heterocycles. The Hall–Kier alpha value is -0.960. The van der Waals surface area contributed by atoms with Crippen molar-refractivity contribution in [2.24, 2.45) is 0 Å². The van der Waals surface area contributed by atoms with Gasteiger partial charge in [0.05, 0.1) is 20.1 Å². The van der Waals surface area contributed by atoms with Crippen molar-refractivity contribution in [3.63, 3.8) is 0 Å². The largest absolute Gasteiger partial charge is 0.469 e. The van der Waals surface area contributed by atoms with Crippen molar-refractivity contribution in [1.82, 2.24) is 8.61 Å². The van der Waals surface area contributed by atoms with Gasteiger partial charge in [0, 0.05) is 33.8 Å². The van der Waals surface area contributed by atoms with Crippen molar-refractivity contribution in [1.29, 1.82) is 0 Å². The molecule has 0 atom stereocenters. The minimum atomic E-state index is -3.63. The standard InChI is InChI=1S/C11H22N2O5S/c1-5-7-13(9-10-17-3)19(15,16)12(2)8-6-11(14)18-4/h5H,1,6-10H2,2-4H3. The van der Waals surface area contributed by atoms with Crippen LogP contribution >= 0.6 is 0 Å². The van der Waals surface area contributed by atoms with Crippen LogP contribution in [0.15, 0.2) is 12.7 Å². The third kappa shape index (κ3) is 6.15. The monoisotopic (exact) mass is 294 g/mol. The maximum atomic E-state index is 12.2. The van der Waals surface area contributed by atoms with E-state index in [4.69, 9.17) is 4.74 Å². The molecule has 19 heavy (non-hydrogen) atoms. The van der Waals surface area contributed by atoms with Crippen molar-refractivity contribution in [2.45, 2.75) is 6.42 Å². The second kappa shape index (κ2) is 9.03. The topological polar surface area (TPSA) is 76.2 Å². The van der Waals surface area contributed by atoms with Gasteiger partial charge in [-0.05, 0) is 0 Å². The summed E-state index contributed by atoms with van der Waals surface area (Å²) in [7, 11) is 0.549. The summed E-state index contributed by atoms with van der Waals surface area (Å²) in [5.41, 5.74) is 0. The summed E-state index contributed by atoms with van der Waals surface area (Å²) in [6.07, 6.45) is 1.51. The maximum Gasteiger partial charge on any atom is 0.306 e. The third-order valence-corrected chi connectivity index (χ3v) is 4.41. The molecule has 0 aliphatic heterocycles. The molecule has 0 unspecified atom stereocenters. The van der Waals surface area contributed by atoms with Gasteiger partial charge in [-0.2, -0.15) is 17.0 Å². The molecule has 0 heterocycles. The van der Waals surface area contributed by atoms with Crippen LogP contribution in [0, 0.1) is 0 Å². The van der Waals surface area contributed by atoms with Crippen molar-refractivity contribution >= 4 is 16.2 Å². The van der Waals surface area contributed by atoms with E-state index in [1.165, 1.54) is 31.6 Å². The molecule has 0 aromatic rings. The number of carbonyl (C=O) groups excluding carboxylic acids is 1. The first-order valence-electron chi connectivity index (χ1n) is 5.78. The molecular formula is C11H22N2O5S. The van der Waals surface area contributed by atoms with E-state index in [0.717, 1.165) is 4.31 Å². The van der Waals surface area contributed by atoms with E-state index in [1.54, 1.807) is 0 Å². The van der Waals surface area contributed by atoms with Gasteiger partial charge in [0.15, 0.2) is 0 Å². The van der Waals surface area contributed by atoms with Crippen LogP contribution in [0.1, 0.15) is 6.42 Å². The zero-order valence-corrected chi connectivity index (χ0v) is 12.5. The average molecular weight is 294 g/mol. The Bertz CT molecular complexity index is 383. The Morgan fingerprint density at radius 2 is 1.95 bits per heavy atom. The van der Waals surface area contributed by atoms with E-state index in [-0.39, 0.29) is 32.7 Å². The zero-order valence-electron chi connectivity index (χ0n) is 11.7. The molecule has 7 nitrogen and oxygen atoms in total. The Morgan fingerprint density at radius 3 is 2.42 bits per heavy atom. The van der Waals surface area contributed by atoms with Crippen LogP contribution in [0.5, 0.6) is 0 Å². The lowest BCUT2D eigenvalue weighted by atomic mass is 10.4. The number of methoxy groups -OCH3 is 2. The van der Waals surface area contributed by atoms with Crippen molar-refractivity contribution in [3.8, 4) is 0 Å². The number of rotatable bonds is 10. The minimum absolute atomic E-state index is 0.0123. The smallest absolute Gasteiger partial charge is 0.306 e. The fraction of sp³-hybridized carbons (Fsp3) is 0.727. The van der Waals surface area contributed by atoms with E-state index < -0.39 is 16.2 Å². The van der Waals surface area contributed by atoms with E-state index in [1.807, 2.05) is 0 Å². The number of nitrogens with zero attached hydrogens (tertiary/aromatic N) is 2. The first-order valence-corrected chi connectivity index (χ1v) is 7.17. The fourth-order valence-corrected chi connectivity index (χ4v) is 2.62. The second-order valence-electron chi connectivity index (χ2n) is 3.79. The highest BCUT2D eigenvalue weighted by atomic mass is 32.2. The molecule has 112 valence electrons. The Morgan fingerprint density at radius 1 is 1.32 bits per heavy atom. The van der Waals surface area contributed by atoms with Gasteiger partial charge < -0.3 is 9.47 Å². The lowest BCUT2D eigenvalue weighted by molar-refractivity contribution is -0.140. The van der Waals surface area contributed by atoms with Crippen LogP contribution in [0.4, 0.5) is 0 Å². The lowest BCUT2D eigenvalue weighted by Crippen LogP contribution is -2.44. The van der Waals surface area contributed by atoms with Crippen LogP contribution in [0.2, 0.25) is 0 Å². The molecule has 0 N–H and O–H groups in total. The molecule has 0 aliphatic rings. The number of carbonyl (C=O) groups is 1. The molecular weight excluding hydrogens is 272 g/mol. The van der Waals surface area contributed by atoms with Crippen LogP contribution in [0.25, 0.3) is 0 Å². The molecule has 0 aliphatic carbocycles. The molecule has 0 amide bonds. The van der Waals surface area contributed by atoms with Gasteiger partial charge in [-0.25, -0.2) is 0 Å². The van der Waals surface area contributed by atoms with Gasteiger partial charge in [0.2, 0.25) is 0 Å². The summed E-state index contributed by atoms with van der Waals surface area (Å²) in [4.78, 5) is 11.0. The van der Waals surface area contributed by atoms with Gasteiger partial charge >= 0.3 is 5.97 Å². The van der Waals surface area contributed by atoms with Crippen molar-refractivity contribution in [2.75, 3.05) is 47.5 Å². The van der Waals surface area contributed by atoms with Crippen molar-refractivity contribution < 1.29 is 22.7 Å². The highest BCUT2D eigenvalue weighted by molar-refractivity contribution is 7.86. The fourth-order valence-electron chi connectivity index (χ4n) is 1.30. The lowest BCUT2D eigenvalue weighted by Gasteiger charge is -2.26. The number of ether oxygens (including phenoxy) is 2. The molecule has 0 saturated carbocycles. The summed E-state index contributed by atoms with van der Waals surface area (Å²) < 4.78 is 36.2.